The zero-order valence-corrected chi connectivity index (χ0v) is 10.3. The van der Waals surface area contributed by atoms with Crippen LogP contribution in [0.2, 0.25) is 0 Å². The Morgan fingerprint density at radius 1 is 1.56 bits per heavy atom. The lowest BCUT2D eigenvalue weighted by Crippen LogP contribution is -2.35. The average Bonchev–Trinajstić information content (AvgIpc) is 2.26. The van der Waals surface area contributed by atoms with Gasteiger partial charge in [-0.2, -0.15) is 4.39 Å². The van der Waals surface area contributed by atoms with E-state index >= 15 is 0 Å². The number of hydrogen-bond acceptors (Lipinski definition) is 5. The van der Waals surface area contributed by atoms with Crippen molar-refractivity contribution >= 4 is 15.7 Å². The highest BCUT2D eigenvalue weighted by Crippen LogP contribution is 2.20. The molecule has 0 radical (unpaired) electrons. The van der Waals surface area contributed by atoms with Crippen molar-refractivity contribution in [2.45, 2.75) is 17.9 Å². The number of nitrogens with zero attached hydrogens (tertiary/aromatic N) is 1. The van der Waals surface area contributed by atoms with Crippen molar-refractivity contribution < 1.29 is 17.7 Å². The summed E-state index contributed by atoms with van der Waals surface area (Å²) < 4.78 is 38.8. The van der Waals surface area contributed by atoms with Crippen LogP contribution in [0.3, 0.4) is 0 Å². The Hall–Kier alpha value is -1.58. The third kappa shape index (κ3) is 3.45. The Labute approximate surface area is 103 Å². The number of rotatable bonds is 5. The van der Waals surface area contributed by atoms with Crippen LogP contribution in [0.1, 0.15) is 6.92 Å². The van der Waals surface area contributed by atoms with Gasteiger partial charge in [0.1, 0.15) is 0 Å². The van der Waals surface area contributed by atoms with Crippen LogP contribution in [0.15, 0.2) is 23.1 Å². The Balaban J connectivity index is 3.04. The van der Waals surface area contributed by atoms with Crippen LogP contribution in [0, 0.1) is 15.9 Å². The van der Waals surface area contributed by atoms with Crippen LogP contribution >= 0.6 is 0 Å². The van der Waals surface area contributed by atoms with Gasteiger partial charge in [-0.25, -0.2) is 13.1 Å². The smallest absolute Gasteiger partial charge is 0.304 e. The van der Waals surface area contributed by atoms with Gasteiger partial charge in [0.2, 0.25) is 15.8 Å². The third-order valence-corrected chi connectivity index (χ3v) is 3.44. The fraction of sp³-hybridized carbons (Fsp3) is 0.333. The normalized spacial score (nSPS) is 13.3. The van der Waals surface area contributed by atoms with Crippen LogP contribution in [0.4, 0.5) is 10.1 Å². The van der Waals surface area contributed by atoms with Crippen molar-refractivity contribution in [2.75, 3.05) is 6.54 Å². The lowest BCUT2D eigenvalue weighted by atomic mass is 10.3. The standard InChI is InChI=1S/C9H12FN3O4S/c1-6(11)5-12-18(16,17)7-2-3-9(13(14)15)8(10)4-7/h2-4,6,12H,5,11H2,1H3. The summed E-state index contributed by atoms with van der Waals surface area (Å²) in [6, 6.07) is 1.96. The number of sulfonamides is 1. The van der Waals surface area contributed by atoms with E-state index in [1.807, 2.05) is 0 Å². The fourth-order valence-corrected chi connectivity index (χ4v) is 2.28. The summed E-state index contributed by atoms with van der Waals surface area (Å²) in [6.07, 6.45) is 0. The molecule has 0 bridgehead atoms. The number of nitrogens with one attached hydrogen (secondary N) is 1. The molecule has 0 aliphatic carbocycles. The Kier molecular flexibility index (Phi) is 4.33. The van der Waals surface area contributed by atoms with Crippen molar-refractivity contribution in [1.29, 1.82) is 0 Å². The molecule has 0 spiro atoms. The average molecular weight is 277 g/mol. The van der Waals surface area contributed by atoms with Gasteiger partial charge in [0.05, 0.1) is 9.82 Å². The molecule has 1 aromatic carbocycles. The van der Waals surface area contributed by atoms with Crippen LogP contribution in [0.25, 0.3) is 0 Å². The maximum Gasteiger partial charge on any atom is 0.304 e. The van der Waals surface area contributed by atoms with Crippen LogP contribution in [-0.2, 0) is 10.0 Å². The van der Waals surface area contributed by atoms with E-state index in [1.54, 1.807) is 6.92 Å². The van der Waals surface area contributed by atoms with E-state index in [-0.39, 0.29) is 11.4 Å². The maximum absolute atomic E-state index is 13.3. The summed E-state index contributed by atoms with van der Waals surface area (Å²) in [7, 11) is -3.91. The second-order valence-corrected chi connectivity index (χ2v) is 5.47. The van der Waals surface area contributed by atoms with Gasteiger partial charge in [-0.3, -0.25) is 10.1 Å². The number of halogens is 1. The predicted octanol–water partition coefficient (Wildman–Crippen LogP) is 0.359. The highest BCUT2D eigenvalue weighted by atomic mass is 32.2. The van der Waals surface area contributed by atoms with Crippen LogP contribution in [-0.4, -0.2) is 25.9 Å². The molecule has 0 saturated heterocycles. The van der Waals surface area contributed by atoms with Gasteiger partial charge >= 0.3 is 5.69 Å². The number of nitrogens with two attached hydrogens (primary N) is 1. The minimum absolute atomic E-state index is 0.0130. The first-order valence-corrected chi connectivity index (χ1v) is 6.41. The predicted molar refractivity (Wildman–Crippen MR) is 61.9 cm³/mol. The molecule has 3 N–H and O–H groups in total. The Bertz CT molecular complexity index is 559. The summed E-state index contributed by atoms with van der Waals surface area (Å²) >= 11 is 0. The van der Waals surface area contributed by atoms with Crippen molar-refractivity contribution in [2.24, 2.45) is 5.73 Å². The molecule has 0 aliphatic rings. The first-order chi connectivity index (χ1) is 8.24. The van der Waals surface area contributed by atoms with E-state index in [9.17, 15) is 22.9 Å². The summed E-state index contributed by atoms with van der Waals surface area (Å²) in [5.74, 6) is -1.20. The number of benzene rings is 1. The van der Waals surface area contributed by atoms with Gasteiger partial charge in [-0.1, -0.05) is 0 Å². The first-order valence-electron chi connectivity index (χ1n) is 4.93. The highest BCUT2D eigenvalue weighted by molar-refractivity contribution is 7.89. The topological polar surface area (TPSA) is 115 Å². The molecular weight excluding hydrogens is 265 g/mol. The fourth-order valence-electron chi connectivity index (χ4n) is 1.13. The minimum Gasteiger partial charge on any atom is -0.327 e. The third-order valence-electron chi connectivity index (χ3n) is 2.02. The molecule has 7 nitrogen and oxygen atoms in total. The number of nitro groups is 1. The maximum atomic E-state index is 13.3. The molecule has 0 saturated carbocycles. The van der Waals surface area contributed by atoms with Gasteiger partial charge in [-0.15, -0.1) is 0 Å². The number of hydrogen-bond donors (Lipinski definition) is 2. The van der Waals surface area contributed by atoms with Crippen LogP contribution in [0.5, 0.6) is 0 Å². The zero-order chi connectivity index (χ0) is 13.9. The molecule has 100 valence electrons. The second-order valence-electron chi connectivity index (χ2n) is 3.70. The van der Waals surface area contributed by atoms with Crippen molar-refractivity contribution in [3.63, 3.8) is 0 Å². The van der Waals surface area contributed by atoms with Gasteiger partial charge < -0.3 is 5.73 Å². The summed E-state index contributed by atoms with van der Waals surface area (Å²) in [5.41, 5.74) is 4.60. The minimum atomic E-state index is -3.91. The van der Waals surface area contributed by atoms with E-state index in [0.29, 0.717) is 6.07 Å². The second kappa shape index (κ2) is 5.38. The van der Waals surface area contributed by atoms with Gasteiger partial charge in [0.15, 0.2) is 0 Å². The zero-order valence-electron chi connectivity index (χ0n) is 9.46. The summed E-state index contributed by atoms with van der Waals surface area (Å²) in [6.45, 7) is 1.58. The molecular formula is C9H12FN3O4S. The molecule has 0 fully saturated rings. The molecule has 1 unspecified atom stereocenters. The van der Waals surface area contributed by atoms with Gasteiger partial charge in [-0.05, 0) is 13.0 Å². The first kappa shape index (κ1) is 14.5. The SMILES string of the molecule is CC(N)CNS(=O)(=O)c1ccc([N+](=O)[O-])c(F)c1. The largest absolute Gasteiger partial charge is 0.327 e. The van der Waals surface area contributed by atoms with Crippen molar-refractivity contribution in [3.05, 3.63) is 34.1 Å². The van der Waals surface area contributed by atoms with E-state index in [0.717, 1.165) is 12.1 Å². The monoisotopic (exact) mass is 277 g/mol. The quantitative estimate of drug-likeness (QED) is 0.595. The molecule has 18 heavy (non-hydrogen) atoms. The molecule has 0 amide bonds. The van der Waals surface area contributed by atoms with Crippen molar-refractivity contribution in [1.82, 2.24) is 4.72 Å². The molecule has 1 rings (SSSR count). The molecule has 0 aliphatic heterocycles. The molecule has 1 aromatic rings. The Morgan fingerprint density at radius 2 is 2.17 bits per heavy atom. The van der Waals surface area contributed by atoms with Gasteiger partial charge in [0, 0.05) is 24.7 Å². The summed E-state index contributed by atoms with van der Waals surface area (Å²) in [4.78, 5) is 9.07. The van der Waals surface area contributed by atoms with E-state index in [4.69, 9.17) is 5.73 Å². The molecule has 0 aromatic heterocycles. The van der Waals surface area contributed by atoms with Crippen molar-refractivity contribution in [3.8, 4) is 0 Å². The molecule has 9 heteroatoms. The highest BCUT2D eigenvalue weighted by Gasteiger charge is 2.20. The van der Waals surface area contributed by atoms with E-state index < -0.39 is 32.5 Å². The molecule has 1 atom stereocenters. The van der Waals surface area contributed by atoms with Crippen LogP contribution < -0.4 is 10.5 Å². The lowest BCUT2D eigenvalue weighted by molar-refractivity contribution is -0.387. The molecule has 0 heterocycles. The van der Waals surface area contributed by atoms with E-state index in [1.165, 1.54) is 0 Å². The Morgan fingerprint density at radius 3 is 2.61 bits per heavy atom. The summed E-state index contributed by atoms with van der Waals surface area (Å²) in [5, 5.41) is 10.4. The van der Waals surface area contributed by atoms with E-state index in [2.05, 4.69) is 4.72 Å². The lowest BCUT2D eigenvalue weighted by Gasteiger charge is -2.08. The van der Waals surface area contributed by atoms with Gasteiger partial charge in [0.25, 0.3) is 0 Å². The number of nitro benzene ring substituents is 1.